The highest BCUT2D eigenvalue weighted by molar-refractivity contribution is 5.79. The molecule has 0 fully saturated rings. The summed E-state index contributed by atoms with van der Waals surface area (Å²) in [7, 11) is 1.62. The largest absolute Gasteiger partial charge is 0.496 e. The van der Waals surface area contributed by atoms with Crippen LogP contribution in [0.15, 0.2) is 18.2 Å². The molecule has 19 heavy (non-hydrogen) atoms. The van der Waals surface area contributed by atoms with E-state index in [1.807, 2.05) is 32.0 Å². The predicted octanol–water partition coefficient (Wildman–Crippen LogP) is 1.82. The number of nitrogens with one attached hydrogen (secondary N) is 1. The van der Waals surface area contributed by atoms with E-state index in [-0.39, 0.29) is 11.9 Å². The third-order valence-corrected chi connectivity index (χ3v) is 2.94. The van der Waals surface area contributed by atoms with Gasteiger partial charge in [0, 0.05) is 6.04 Å². The van der Waals surface area contributed by atoms with E-state index in [2.05, 4.69) is 5.32 Å². The molecule has 0 heterocycles. The molecule has 0 aromatic heterocycles. The van der Waals surface area contributed by atoms with Gasteiger partial charge in [0.15, 0.2) is 0 Å². The predicted molar refractivity (Wildman–Crippen MR) is 75.3 cm³/mol. The molecule has 2 N–H and O–H groups in total. The number of aliphatic hydroxyl groups excluding tert-OH is 1. The van der Waals surface area contributed by atoms with E-state index < -0.39 is 6.10 Å². The highest BCUT2D eigenvalue weighted by atomic mass is 16.5. The lowest BCUT2D eigenvalue weighted by Gasteiger charge is -2.15. The van der Waals surface area contributed by atoms with Gasteiger partial charge in [0.2, 0.25) is 5.91 Å². The number of methoxy groups -OCH3 is 1. The number of amides is 1. The molecule has 2 atom stereocenters. The summed E-state index contributed by atoms with van der Waals surface area (Å²) >= 11 is 0. The van der Waals surface area contributed by atoms with Gasteiger partial charge < -0.3 is 15.2 Å². The van der Waals surface area contributed by atoms with Crippen LogP contribution in [0, 0.1) is 6.92 Å². The van der Waals surface area contributed by atoms with Gasteiger partial charge in [0.25, 0.3) is 0 Å². The van der Waals surface area contributed by atoms with Gasteiger partial charge in [-0.15, -0.1) is 0 Å². The Hall–Kier alpha value is -1.55. The van der Waals surface area contributed by atoms with Crippen LogP contribution in [-0.4, -0.2) is 30.3 Å². The zero-order chi connectivity index (χ0) is 14.4. The van der Waals surface area contributed by atoms with Crippen LogP contribution in [0.3, 0.4) is 0 Å². The second-order valence-electron chi connectivity index (χ2n) is 5.03. The Balaban J connectivity index is 2.57. The zero-order valence-corrected chi connectivity index (χ0v) is 12.1. The minimum Gasteiger partial charge on any atom is -0.496 e. The summed E-state index contributed by atoms with van der Waals surface area (Å²) in [5, 5.41) is 12.1. The SMILES string of the molecule is COc1cc(CC(=O)NC(C)CC(C)O)ccc1C. The lowest BCUT2D eigenvalue weighted by molar-refractivity contribution is -0.121. The van der Waals surface area contributed by atoms with Crippen LogP contribution < -0.4 is 10.1 Å². The minimum atomic E-state index is -0.408. The fourth-order valence-corrected chi connectivity index (χ4v) is 2.06. The molecule has 106 valence electrons. The third kappa shape index (κ3) is 5.30. The molecule has 4 heteroatoms. The molecule has 1 aromatic carbocycles. The molecule has 0 saturated carbocycles. The smallest absolute Gasteiger partial charge is 0.224 e. The second-order valence-corrected chi connectivity index (χ2v) is 5.03. The lowest BCUT2D eigenvalue weighted by Crippen LogP contribution is -2.35. The van der Waals surface area contributed by atoms with Crippen molar-refractivity contribution in [2.24, 2.45) is 0 Å². The molecule has 1 aromatic rings. The second kappa shape index (κ2) is 7.14. The number of hydrogen-bond acceptors (Lipinski definition) is 3. The van der Waals surface area contributed by atoms with Crippen LogP contribution in [0.4, 0.5) is 0 Å². The molecule has 0 aliphatic heterocycles. The number of carbonyl (C=O) groups excluding carboxylic acids is 1. The van der Waals surface area contributed by atoms with E-state index in [1.165, 1.54) is 0 Å². The maximum absolute atomic E-state index is 11.9. The van der Waals surface area contributed by atoms with Crippen molar-refractivity contribution >= 4 is 5.91 Å². The molecule has 2 unspecified atom stereocenters. The monoisotopic (exact) mass is 265 g/mol. The van der Waals surface area contributed by atoms with Crippen LogP contribution in [0.25, 0.3) is 0 Å². The summed E-state index contributed by atoms with van der Waals surface area (Å²) in [6.45, 7) is 5.57. The number of ether oxygens (including phenoxy) is 1. The van der Waals surface area contributed by atoms with Crippen LogP contribution in [-0.2, 0) is 11.2 Å². The molecule has 0 bridgehead atoms. The van der Waals surface area contributed by atoms with Gasteiger partial charge in [-0.2, -0.15) is 0 Å². The molecule has 0 spiro atoms. The molecule has 0 radical (unpaired) electrons. The summed E-state index contributed by atoms with van der Waals surface area (Å²) < 4.78 is 5.24. The molecule has 1 rings (SSSR count). The normalized spacial score (nSPS) is 13.7. The van der Waals surface area contributed by atoms with Gasteiger partial charge in [-0.3, -0.25) is 4.79 Å². The Morgan fingerprint density at radius 2 is 2.11 bits per heavy atom. The first kappa shape index (κ1) is 15.5. The summed E-state index contributed by atoms with van der Waals surface area (Å²) in [4.78, 5) is 11.9. The summed E-state index contributed by atoms with van der Waals surface area (Å²) in [5.41, 5.74) is 1.97. The molecule has 0 saturated heterocycles. The first-order chi connectivity index (χ1) is 8.92. The van der Waals surface area contributed by atoms with Crippen molar-refractivity contribution in [2.45, 2.75) is 45.8 Å². The average Bonchev–Trinajstić information content (AvgIpc) is 2.30. The van der Waals surface area contributed by atoms with Crippen molar-refractivity contribution in [3.05, 3.63) is 29.3 Å². The highest BCUT2D eigenvalue weighted by Gasteiger charge is 2.11. The van der Waals surface area contributed by atoms with Crippen molar-refractivity contribution < 1.29 is 14.6 Å². The number of benzene rings is 1. The van der Waals surface area contributed by atoms with Crippen molar-refractivity contribution in [3.63, 3.8) is 0 Å². The number of aliphatic hydroxyl groups is 1. The van der Waals surface area contributed by atoms with Crippen molar-refractivity contribution in [2.75, 3.05) is 7.11 Å². The Bertz CT molecular complexity index is 429. The number of carbonyl (C=O) groups is 1. The fraction of sp³-hybridized carbons (Fsp3) is 0.533. The van der Waals surface area contributed by atoms with Gasteiger partial charge in [-0.05, 0) is 44.4 Å². The van der Waals surface area contributed by atoms with Crippen molar-refractivity contribution in [1.29, 1.82) is 0 Å². The standard InChI is InChI=1S/C15H23NO3/c1-10-5-6-13(8-14(10)19-4)9-15(18)16-11(2)7-12(3)17/h5-6,8,11-12,17H,7,9H2,1-4H3,(H,16,18). The van der Waals surface area contributed by atoms with Crippen LogP contribution in [0.2, 0.25) is 0 Å². The minimum absolute atomic E-state index is 0.0279. The fourth-order valence-electron chi connectivity index (χ4n) is 2.06. The van der Waals surface area contributed by atoms with Crippen molar-refractivity contribution in [1.82, 2.24) is 5.32 Å². The molecular weight excluding hydrogens is 242 g/mol. The van der Waals surface area contributed by atoms with E-state index in [0.717, 1.165) is 16.9 Å². The van der Waals surface area contributed by atoms with Gasteiger partial charge >= 0.3 is 0 Å². The van der Waals surface area contributed by atoms with Gasteiger partial charge in [-0.25, -0.2) is 0 Å². The van der Waals surface area contributed by atoms with Gasteiger partial charge in [0.1, 0.15) is 5.75 Å². The summed E-state index contributed by atoms with van der Waals surface area (Å²) in [5.74, 6) is 0.751. The number of aryl methyl sites for hydroxylation is 1. The maximum atomic E-state index is 11.9. The Morgan fingerprint density at radius 3 is 2.68 bits per heavy atom. The van der Waals surface area contributed by atoms with Gasteiger partial charge in [-0.1, -0.05) is 12.1 Å². The van der Waals surface area contributed by atoms with E-state index in [1.54, 1.807) is 14.0 Å². The number of hydrogen-bond donors (Lipinski definition) is 2. The summed E-state index contributed by atoms with van der Waals surface area (Å²) in [6, 6.07) is 5.73. The average molecular weight is 265 g/mol. The first-order valence-corrected chi connectivity index (χ1v) is 6.53. The molecule has 0 aliphatic carbocycles. The quantitative estimate of drug-likeness (QED) is 0.825. The molecule has 0 aliphatic rings. The molecule has 1 amide bonds. The van der Waals surface area contributed by atoms with Crippen LogP contribution in [0.1, 0.15) is 31.4 Å². The summed E-state index contributed by atoms with van der Waals surface area (Å²) in [6.07, 6.45) is 0.471. The Kier molecular flexibility index (Phi) is 5.83. The first-order valence-electron chi connectivity index (χ1n) is 6.53. The van der Waals surface area contributed by atoms with Crippen molar-refractivity contribution in [3.8, 4) is 5.75 Å². The van der Waals surface area contributed by atoms with Crippen LogP contribution in [0.5, 0.6) is 5.75 Å². The lowest BCUT2D eigenvalue weighted by atomic mass is 10.1. The van der Waals surface area contributed by atoms with Gasteiger partial charge in [0.05, 0.1) is 19.6 Å². The Labute approximate surface area is 114 Å². The van der Waals surface area contributed by atoms with E-state index in [4.69, 9.17) is 4.74 Å². The number of rotatable bonds is 6. The van der Waals surface area contributed by atoms with E-state index >= 15 is 0 Å². The van der Waals surface area contributed by atoms with E-state index in [9.17, 15) is 9.90 Å². The highest BCUT2D eigenvalue weighted by Crippen LogP contribution is 2.19. The topological polar surface area (TPSA) is 58.6 Å². The Morgan fingerprint density at radius 1 is 1.42 bits per heavy atom. The molecular formula is C15H23NO3. The molecule has 4 nitrogen and oxygen atoms in total. The zero-order valence-electron chi connectivity index (χ0n) is 12.1. The van der Waals surface area contributed by atoms with Crippen LogP contribution >= 0.6 is 0 Å². The third-order valence-electron chi connectivity index (χ3n) is 2.94. The maximum Gasteiger partial charge on any atom is 0.224 e. The van der Waals surface area contributed by atoms with E-state index in [0.29, 0.717) is 12.8 Å².